The number of rotatable bonds is 3. The van der Waals surface area contributed by atoms with Gasteiger partial charge in [-0.05, 0) is 37.8 Å². The first-order valence-electron chi connectivity index (χ1n) is 7.83. The van der Waals surface area contributed by atoms with Gasteiger partial charge in [0.2, 0.25) is 0 Å². The largest absolute Gasteiger partial charge is 0.364 e. The van der Waals surface area contributed by atoms with Gasteiger partial charge in [-0.1, -0.05) is 12.1 Å². The lowest BCUT2D eigenvalue weighted by molar-refractivity contribution is 0.499. The van der Waals surface area contributed by atoms with Crippen LogP contribution in [0.5, 0.6) is 0 Å². The molecule has 0 unspecified atom stereocenters. The fraction of sp³-hybridized carbons (Fsp3) is 0.500. The van der Waals surface area contributed by atoms with Crippen molar-refractivity contribution in [2.24, 2.45) is 5.73 Å². The van der Waals surface area contributed by atoms with Crippen LogP contribution in [0.2, 0.25) is 0 Å². The molecule has 0 radical (unpaired) electrons. The van der Waals surface area contributed by atoms with Gasteiger partial charge >= 0.3 is 0 Å². The van der Waals surface area contributed by atoms with E-state index in [0.717, 1.165) is 48.6 Å². The summed E-state index contributed by atoms with van der Waals surface area (Å²) in [5.74, 6) is 1.93. The molecule has 2 aromatic rings. The van der Waals surface area contributed by atoms with Crippen molar-refractivity contribution < 1.29 is 0 Å². The summed E-state index contributed by atoms with van der Waals surface area (Å²) in [4.78, 5) is 12.0. The summed E-state index contributed by atoms with van der Waals surface area (Å²) >= 11 is 0. The Bertz CT molecular complexity index is 644. The molecule has 5 heteroatoms. The number of hydrogen-bond donors (Lipinski definition) is 2. The normalized spacial score (nSPS) is 20.0. The van der Waals surface area contributed by atoms with Crippen LogP contribution >= 0.6 is 0 Å². The number of piperidine rings is 1. The average Bonchev–Trinajstić information content (AvgIpc) is 3.31. The van der Waals surface area contributed by atoms with Gasteiger partial charge in [-0.3, -0.25) is 0 Å². The van der Waals surface area contributed by atoms with E-state index in [-0.39, 0.29) is 0 Å². The number of nitrogens with zero attached hydrogens (tertiary/aromatic N) is 3. The lowest BCUT2D eigenvalue weighted by atomic mass is 10.1. The highest BCUT2D eigenvalue weighted by molar-refractivity contribution is 5.80. The van der Waals surface area contributed by atoms with Crippen LogP contribution in [0, 0.1) is 0 Å². The van der Waals surface area contributed by atoms with Crippen molar-refractivity contribution in [3.63, 3.8) is 0 Å². The molecule has 0 atom stereocenters. The van der Waals surface area contributed by atoms with Gasteiger partial charge in [0, 0.05) is 25.2 Å². The lowest BCUT2D eigenvalue weighted by Gasteiger charge is -2.32. The molecule has 2 aliphatic rings. The van der Waals surface area contributed by atoms with Crippen molar-refractivity contribution in [3.8, 4) is 0 Å². The van der Waals surface area contributed by atoms with E-state index in [2.05, 4.69) is 10.2 Å². The quantitative estimate of drug-likeness (QED) is 0.903. The van der Waals surface area contributed by atoms with Crippen LogP contribution < -0.4 is 16.0 Å². The molecule has 1 aromatic carbocycles. The van der Waals surface area contributed by atoms with E-state index < -0.39 is 0 Å². The second-order valence-corrected chi connectivity index (χ2v) is 6.13. The molecule has 1 saturated carbocycles. The highest BCUT2D eigenvalue weighted by atomic mass is 15.2. The molecular formula is C16H21N5. The summed E-state index contributed by atoms with van der Waals surface area (Å²) in [7, 11) is 0. The molecule has 0 amide bonds. The number of nitrogens with one attached hydrogen (secondary N) is 1. The third-order valence-corrected chi connectivity index (χ3v) is 4.31. The minimum Gasteiger partial charge on any atom is -0.364 e. The summed E-state index contributed by atoms with van der Waals surface area (Å²) < 4.78 is 0. The number of aromatic nitrogens is 2. The van der Waals surface area contributed by atoms with E-state index in [0.29, 0.717) is 12.1 Å². The van der Waals surface area contributed by atoms with Crippen molar-refractivity contribution in [1.29, 1.82) is 0 Å². The number of benzene rings is 1. The average molecular weight is 283 g/mol. The number of nitrogens with two attached hydrogens (primary N) is 1. The second kappa shape index (κ2) is 5.15. The topological polar surface area (TPSA) is 67.1 Å². The third-order valence-electron chi connectivity index (χ3n) is 4.31. The van der Waals surface area contributed by atoms with Gasteiger partial charge in [0.15, 0.2) is 11.6 Å². The zero-order valence-electron chi connectivity index (χ0n) is 12.1. The van der Waals surface area contributed by atoms with Gasteiger partial charge in [0.25, 0.3) is 0 Å². The van der Waals surface area contributed by atoms with E-state index >= 15 is 0 Å². The minimum atomic E-state index is 0.328. The summed E-state index contributed by atoms with van der Waals surface area (Å²) in [6.07, 6.45) is 4.52. The van der Waals surface area contributed by atoms with Gasteiger partial charge in [-0.25, -0.2) is 9.97 Å². The van der Waals surface area contributed by atoms with Gasteiger partial charge in [-0.2, -0.15) is 0 Å². The maximum Gasteiger partial charge on any atom is 0.172 e. The van der Waals surface area contributed by atoms with Crippen LogP contribution in [0.25, 0.3) is 11.0 Å². The Balaban J connectivity index is 1.73. The van der Waals surface area contributed by atoms with Crippen molar-refractivity contribution in [2.45, 2.75) is 37.8 Å². The van der Waals surface area contributed by atoms with E-state index in [1.165, 1.54) is 12.8 Å². The fourth-order valence-corrected chi connectivity index (χ4v) is 2.84. The van der Waals surface area contributed by atoms with Crippen LogP contribution in [-0.4, -0.2) is 35.1 Å². The first kappa shape index (κ1) is 12.8. The maximum atomic E-state index is 6.02. The van der Waals surface area contributed by atoms with Gasteiger partial charge in [0.1, 0.15) is 0 Å². The standard InChI is InChI=1S/C16H21N5/c17-11-7-9-21(10-8-11)16-15(18-12-5-6-12)19-13-3-1-2-4-14(13)20-16/h1-4,11-12H,5-10,17H2,(H,18,19). The second-order valence-electron chi connectivity index (χ2n) is 6.13. The molecule has 0 bridgehead atoms. The monoisotopic (exact) mass is 283 g/mol. The molecule has 1 aliphatic carbocycles. The lowest BCUT2D eigenvalue weighted by Crippen LogP contribution is -2.40. The SMILES string of the molecule is NC1CCN(c2nc3ccccc3nc2NC2CC2)CC1. The summed E-state index contributed by atoms with van der Waals surface area (Å²) in [5, 5.41) is 3.54. The Labute approximate surface area is 124 Å². The first-order chi connectivity index (χ1) is 10.3. The molecule has 5 nitrogen and oxygen atoms in total. The van der Waals surface area contributed by atoms with Gasteiger partial charge in [0.05, 0.1) is 11.0 Å². The van der Waals surface area contributed by atoms with Crippen molar-refractivity contribution >= 4 is 22.7 Å². The van der Waals surface area contributed by atoms with E-state index in [1.807, 2.05) is 24.3 Å². The maximum absolute atomic E-state index is 6.02. The Morgan fingerprint density at radius 2 is 1.67 bits per heavy atom. The Kier molecular flexibility index (Phi) is 3.15. The number of hydrogen-bond acceptors (Lipinski definition) is 5. The Morgan fingerprint density at radius 1 is 1.00 bits per heavy atom. The fourth-order valence-electron chi connectivity index (χ4n) is 2.84. The van der Waals surface area contributed by atoms with Crippen molar-refractivity contribution in [3.05, 3.63) is 24.3 Å². The summed E-state index contributed by atoms with van der Waals surface area (Å²) in [5.41, 5.74) is 7.93. The van der Waals surface area contributed by atoms with Crippen molar-refractivity contribution in [2.75, 3.05) is 23.3 Å². The van der Waals surface area contributed by atoms with Crippen LogP contribution in [0.3, 0.4) is 0 Å². The molecular weight excluding hydrogens is 262 g/mol. The third kappa shape index (κ3) is 2.65. The molecule has 2 heterocycles. The zero-order chi connectivity index (χ0) is 14.2. The molecule has 3 N–H and O–H groups in total. The molecule has 1 saturated heterocycles. The summed E-state index contributed by atoms with van der Waals surface area (Å²) in [6, 6.07) is 8.98. The minimum absolute atomic E-state index is 0.328. The number of para-hydroxylation sites is 2. The van der Waals surface area contributed by atoms with Crippen LogP contribution in [0.4, 0.5) is 11.6 Å². The highest BCUT2D eigenvalue weighted by Crippen LogP contribution is 2.31. The molecule has 1 aromatic heterocycles. The summed E-state index contributed by atoms with van der Waals surface area (Å²) in [6.45, 7) is 1.93. The van der Waals surface area contributed by atoms with E-state index in [1.54, 1.807) is 0 Å². The Morgan fingerprint density at radius 3 is 2.33 bits per heavy atom. The number of fused-ring (bicyclic) bond motifs is 1. The van der Waals surface area contributed by atoms with E-state index in [4.69, 9.17) is 15.7 Å². The molecule has 1 aliphatic heterocycles. The molecule has 0 spiro atoms. The zero-order valence-corrected chi connectivity index (χ0v) is 12.1. The van der Waals surface area contributed by atoms with Crippen molar-refractivity contribution in [1.82, 2.24) is 9.97 Å². The van der Waals surface area contributed by atoms with Gasteiger partial charge < -0.3 is 16.0 Å². The Hall–Kier alpha value is -1.88. The molecule has 4 rings (SSSR count). The van der Waals surface area contributed by atoms with Gasteiger partial charge in [-0.15, -0.1) is 0 Å². The number of anilines is 2. The predicted molar refractivity (Wildman–Crippen MR) is 85.6 cm³/mol. The smallest absolute Gasteiger partial charge is 0.172 e. The molecule has 21 heavy (non-hydrogen) atoms. The first-order valence-corrected chi connectivity index (χ1v) is 7.83. The van der Waals surface area contributed by atoms with Crippen LogP contribution in [0.15, 0.2) is 24.3 Å². The van der Waals surface area contributed by atoms with E-state index in [9.17, 15) is 0 Å². The molecule has 2 fully saturated rings. The highest BCUT2D eigenvalue weighted by Gasteiger charge is 2.26. The predicted octanol–water partition coefficient (Wildman–Crippen LogP) is 2.13. The van der Waals surface area contributed by atoms with Crippen LogP contribution in [0.1, 0.15) is 25.7 Å². The molecule has 110 valence electrons. The van der Waals surface area contributed by atoms with Crippen LogP contribution in [-0.2, 0) is 0 Å².